The Morgan fingerprint density at radius 1 is 1.31 bits per heavy atom. The van der Waals surface area contributed by atoms with Crippen LogP contribution in [0.1, 0.15) is 24.8 Å². The number of nitrogens with one attached hydrogen (secondary N) is 1. The summed E-state index contributed by atoms with van der Waals surface area (Å²) < 4.78 is 36.1. The van der Waals surface area contributed by atoms with Crippen LogP contribution in [0.25, 0.3) is 11.0 Å². The number of aromatic nitrogens is 3. The van der Waals surface area contributed by atoms with Crippen molar-refractivity contribution in [3.05, 3.63) is 53.1 Å². The maximum absolute atomic E-state index is 14.2. The van der Waals surface area contributed by atoms with Crippen molar-refractivity contribution in [3.8, 4) is 0 Å². The third-order valence-electron chi connectivity index (χ3n) is 5.59. The molecule has 1 unspecified atom stereocenters. The summed E-state index contributed by atoms with van der Waals surface area (Å²) >= 11 is 6.20. The Hall–Kier alpha value is -2.19. The van der Waals surface area contributed by atoms with E-state index in [0.717, 1.165) is 4.68 Å². The minimum Gasteiger partial charge on any atom is -0.388 e. The first-order chi connectivity index (χ1) is 16.5. The minimum absolute atomic E-state index is 0.0575. The van der Waals surface area contributed by atoms with E-state index in [1.54, 1.807) is 25.1 Å². The van der Waals surface area contributed by atoms with E-state index in [1.807, 2.05) is 0 Å². The van der Waals surface area contributed by atoms with Gasteiger partial charge in [-0.2, -0.15) is 5.10 Å². The lowest BCUT2D eigenvalue weighted by Gasteiger charge is -2.21. The molecule has 0 amide bonds. The fraction of sp³-hybridized carbons (Fsp3) is 0.400. The van der Waals surface area contributed by atoms with Crippen LogP contribution in [0, 0.1) is 5.82 Å². The van der Waals surface area contributed by atoms with Gasteiger partial charge in [-0.1, -0.05) is 29.8 Å². The summed E-state index contributed by atoms with van der Waals surface area (Å²) in [5.74, 6) is -0.386. The molecule has 3 heterocycles. The van der Waals surface area contributed by atoms with Gasteiger partial charge >= 0.3 is 7.82 Å². The standard InChI is InChI=1S/C20H23ClFN4O8P/c1-9(10-4-2-3-5-12(10)22)24-13-6-15(21)25-19-11(13)7-23-26(19)20-17(29)16(28)18(34-20)14(27)8-33-35(30,31)32/h2-7,9,14,16-18,20,27-29H,8H2,1H3,(H,24,25)(H2,30,31,32)/t9-,14?,16-,17+,18+,20+/m0/s1. The second kappa shape index (κ2) is 10.1. The van der Waals surface area contributed by atoms with E-state index in [9.17, 15) is 24.3 Å². The number of fused-ring (bicyclic) bond motifs is 1. The van der Waals surface area contributed by atoms with Crippen LogP contribution in [-0.4, -0.2) is 70.9 Å². The number of nitrogens with zero attached hydrogens (tertiary/aromatic N) is 3. The quantitative estimate of drug-likeness (QED) is 0.183. The largest absolute Gasteiger partial charge is 0.469 e. The Labute approximate surface area is 203 Å². The molecule has 0 aliphatic carbocycles. The first kappa shape index (κ1) is 25.9. The summed E-state index contributed by atoms with van der Waals surface area (Å²) in [6.07, 6.45) is -6.24. The lowest BCUT2D eigenvalue weighted by Crippen LogP contribution is -2.40. The Morgan fingerprint density at radius 3 is 2.71 bits per heavy atom. The molecule has 4 rings (SSSR count). The van der Waals surface area contributed by atoms with Gasteiger partial charge in [-0.3, -0.25) is 4.52 Å². The summed E-state index contributed by atoms with van der Waals surface area (Å²) in [4.78, 5) is 21.9. The van der Waals surface area contributed by atoms with Gasteiger partial charge in [0, 0.05) is 5.56 Å². The van der Waals surface area contributed by atoms with E-state index >= 15 is 0 Å². The van der Waals surface area contributed by atoms with Crippen molar-refractivity contribution < 1.29 is 43.3 Å². The van der Waals surface area contributed by atoms with E-state index in [-0.39, 0.29) is 16.6 Å². The molecule has 0 bridgehead atoms. The lowest BCUT2D eigenvalue weighted by atomic mass is 10.1. The Balaban J connectivity index is 1.60. The van der Waals surface area contributed by atoms with Gasteiger partial charge in [0.2, 0.25) is 0 Å². The maximum Gasteiger partial charge on any atom is 0.469 e. The molecule has 1 aliphatic heterocycles. The Kier molecular flexibility index (Phi) is 7.44. The fourth-order valence-electron chi connectivity index (χ4n) is 3.90. The van der Waals surface area contributed by atoms with Crippen molar-refractivity contribution in [2.75, 3.05) is 11.9 Å². The molecule has 6 N–H and O–H groups in total. The number of pyridine rings is 1. The molecule has 0 radical (unpaired) electrons. The average Bonchev–Trinajstić information content (AvgIpc) is 3.33. The Bertz CT molecular complexity index is 1260. The van der Waals surface area contributed by atoms with Gasteiger partial charge in [-0.15, -0.1) is 0 Å². The molecular weight excluding hydrogens is 510 g/mol. The number of anilines is 1. The van der Waals surface area contributed by atoms with E-state index in [2.05, 4.69) is 19.9 Å². The number of aliphatic hydroxyl groups excluding tert-OH is 3. The van der Waals surface area contributed by atoms with E-state index < -0.39 is 51.1 Å². The third kappa shape index (κ3) is 5.48. The molecule has 12 nitrogen and oxygen atoms in total. The van der Waals surface area contributed by atoms with Crippen LogP contribution in [-0.2, 0) is 13.8 Å². The van der Waals surface area contributed by atoms with E-state index in [4.69, 9.17) is 26.1 Å². The van der Waals surface area contributed by atoms with Crippen molar-refractivity contribution in [2.24, 2.45) is 0 Å². The van der Waals surface area contributed by atoms with Crippen LogP contribution < -0.4 is 5.32 Å². The highest BCUT2D eigenvalue weighted by molar-refractivity contribution is 7.46. The van der Waals surface area contributed by atoms with Crippen LogP contribution in [0.5, 0.6) is 0 Å². The van der Waals surface area contributed by atoms with Crippen LogP contribution in [0.2, 0.25) is 5.15 Å². The van der Waals surface area contributed by atoms with Crippen molar-refractivity contribution in [2.45, 2.75) is 43.6 Å². The lowest BCUT2D eigenvalue weighted by molar-refractivity contribution is -0.0981. The maximum atomic E-state index is 14.2. The summed E-state index contributed by atoms with van der Waals surface area (Å²) in [5, 5.41) is 38.9. The monoisotopic (exact) mass is 532 g/mol. The number of ether oxygens (including phenoxy) is 1. The highest BCUT2D eigenvalue weighted by Gasteiger charge is 2.48. The van der Waals surface area contributed by atoms with Gasteiger partial charge < -0.3 is 35.2 Å². The van der Waals surface area contributed by atoms with Crippen LogP contribution in [0.4, 0.5) is 10.1 Å². The second-order valence-corrected chi connectivity index (χ2v) is 9.66. The molecule has 1 aromatic carbocycles. The van der Waals surface area contributed by atoms with Crippen molar-refractivity contribution in [1.29, 1.82) is 0 Å². The molecule has 6 atom stereocenters. The Morgan fingerprint density at radius 2 is 2.03 bits per heavy atom. The first-order valence-electron chi connectivity index (χ1n) is 10.4. The molecule has 3 aromatic rings. The molecule has 35 heavy (non-hydrogen) atoms. The highest BCUT2D eigenvalue weighted by Crippen LogP contribution is 2.38. The summed E-state index contributed by atoms with van der Waals surface area (Å²) in [5.41, 5.74) is 1.06. The highest BCUT2D eigenvalue weighted by atomic mass is 35.5. The van der Waals surface area contributed by atoms with Gasteiger partial charge in [0.1, 0.15) is 35.4 Å². The minimum atomic E-state index is -4.87. The predicted octanol–water partition coefficient (Wildman–Crippen LogP) is 1.49. The van der Waals surface area contributed by atoms with Gasteiger partial charge in [0.05, 0.1) is 29.9 Å². The van der Waals surface area contributed by atoms with Crippen LogP contribution >= 0.6 is 19.4 Å². The molecule has 1 aliphatic rings. The number of phosphoric acid groups is 1. The van der Waals surface area contributed by atoms with Crippen LogP contribution in [0.3, 0.4) is 0 Å². The second-order valence-electron chi connectivity index (χ2n) is 8.03. The topological polar surface area (TPSA) is 179 Å². The predicted molar refractivity (Wildman–Crippen MR) is 121 cm³/mol. The summed E-state index contributed by atoms with van der Waals surface area (Å²) in [6, 6.07) is 7.36. The SMILES string of the molecule is C[C@H](Nc1cc(Cl)nc2c1cnn2[C@@H]1O[C@H](C(O)COP(=O)(O)O)[C@@H](O)[C@H]1O)c1ccccc1F. The zero-order valence-corrected chi connectivity index (χ0v) is 19.8. The third-order valence-corrected chi connectivity index (χ3v) is 6.27. The molecule has 1 saturated heterocycles. The number of halogens is 2. The molecule has 1 fully saturated rings. The van der Waals surface area contributed by atoms with E-state index in [0.29, 0.717) is 16.6 Å². The van der Waals surface area contributed by atoms with Crippen molar-refractivity contribution in [1.82, 2.24) is 14.8 Å². The molecule has 0 saturated carbocycles. The first-order valence-corrected chi connectivity index (χ1v) is 12.3. The average molecular weight is 533 g/mol. The van der Waals surface area contributed by atoms with E-state index in [1.165, 1.54) is 18.3 Å². The number of rotatable bonds is 8. The molecule has 0 spiro atoms. The zero-order chi connectivity index (χ0) is 25.5. The molecule has 15 heteroatoms. The van der Waals surface area contributed by atoms with Crippen molar-refractivity contribution >= 4 is 36.1 Å². The number of hydrogen-bond donors (Lipinski definition) is 6. The number of hydrogen-bond acceptors (Lipinski definition) is 9. The number of phosphoric ester groups is 1. The fourth-order valence-corrected chi connectivity index (χ4v) is 4.44. The van der Waals surface area contributed by atoms with Gasteiger partial charge in [-0.05, 0) is 19.1 Å². The molecule has 2 aromatic heterocycles. The zero-order valence-electron chi connectivity index (χ0n) is 18.1. The number of benzene rings is 1. The summed E-state index contributed by atoms with van der Waals surface area (Å²) in [7, 11) is -4.87. The smallest absolute Gasteiger partial charge is 0.388 e. The summed E-state index contributed by atoms with van der Waals surface area (Å²) in [6.45, 7) is 0.909. The number of aliphatic hydroxyl groups is 3. The van der Waals surface area contributed by atoms with Crippen molar-refractivity contribution in [3.63, 3.8) is 0 Å². The van der Waals surface area contributed by atoms with Gasteiger partial charge in [0.25, 0.3) is 0 Å². The molecular formula is C20H23ClFN4O8P. The van der Waals surface area contributed by atoms with Gasteiger partial charge in [-0.25, -0.2) is 18.6 Å². The normalized spacial score (nSPS) is 24.6. The van der Waals surface area contributed by atoms with Gasteiger partial charge in [0.15, 0.2) is 11.9 Å². The van der Waals surface area contributed by atoms with Crippen LogP contribution in [0.15, 0.2) is 36.5 Å². The molecule has 190 valence electrons.